The van der Waals surface area contributed by atoms with Crippen LogP contribution in [-0.4, -0.2) is 58.0 Å². The second kappa shape index (κ2) is 5.26. The quantitative estimate of drug-likeness (QED) is 0.820. The molecule has 0 aromatic carbocycles. The van der Waals surface area contributed by atoms with Crippen LogP contribution in [0.4, 0.5) is 0 Å². The van der Waals surface area contributed by atoms with Gasteiger partial charge in [0.05, 0.1) is 6.42 Å². The normalized spacial score (nSPS) is 26.2. The molecule has 104 valence electrons. The van der Waals surface area contributed by atoms with E-state index in [4.69, 9.17) is 5.11 Å². The number of carbonyl (C=O) groups excluding carboxylic acids is 1. The third-order valence-corrected chi connectivity index (χ3v) is 4.04. The molecule has 2 atom stereocenters. The molecule has 1 rings (SSSR count). The van der Waals surface area contributed by atoms with E-state index in [-0.39, 0.29) is 23.9 Å². The number of likely N-dealkylation sites (N-methyl/N-ethyl adjacent to an activating group) is 1. The highest BCUT2D eigenvalue weighted by molar-refractivity contribution is 5.87. The Morgan fingerprint density at radius 3 is 2.56 bits per heavy atom. The van der Waals surface area contributed by atoms with Crippen LogP contribution in [0.25, 0.3) is 0 Å². The van der Waals surface area contributed by atoms with Crippen molar-refractivity contribution in [3.05, 3.63) is 0 Å². The van der Waals surface area contributed by atoms with Crippen molar-refractivity contribution in [2.24, 2.45) is 0 Å². The molecule has 0 saturated carbocycles. The second-order valence-electron chi connectivity index (χ2n) is 5.76. The number of amides is 1. The first-order valence-corrected chi connectivity index (χ1v) is 6.46. The van der Waals surface area contributed by atoms with E-state index in [0.717, 1.165) is 6.42 Å². The van der Waals surface area contributed by atoms with Crippen molar-refractivity contribution >= 4 is 11.9 Å². The van der Waals surface area contributed by atoms with Gasteiger partial charge in [-0.25, -0.2) is 0 Å². The Kier molecular flexibility index (Phi) is 4.37. The molecule has 5 heteroatoms. The fraction of sp³-hybridized carbons (Fsp3) is 0.846. The summed E-state index contributed by atoms with van der Waals surface area (Å²) in [5.74, 6) is -0.990. The SMILES string of the molecule is CCC(C)N1CC(C)(C)N(C)C(CC(=O)O)C1=O. The van der Waals surface area contributed by atoms with Gasteiger partial charge >= 0.3 is 5.97 Å². The number of piperazine rings is 1. The minimum absolute atomic E-state index is 0.0615. The lowest BCUT2D eigenvalue weighted by molar-refractivity contribution is -0.156. The first kappa shape index (κ1) is 15.0. The number of carbonyl (C=O) groups is 2. The molecule has 0 aromatic rings. The number of carboxylic acids is 1. The zero-order chi connectivity index (χ0) is 14.1. The predicted molar refractivity (Wildman–Crippen MR) is 69.3 cm³/mol. The fourth-order valence-corrected chi connectivity index (χ4v) is 2.37. The number of carboxylic acid groups (broad SMARTS) is 1. The Hall–Kier alpha value is -1.10. The van der Waals surface area contributed by atoms with E-state index in [1.54, 1.807) is 0 Å². The largest absolute Gasteiger partial charge is 0.481 e. The molecule has 2 unspecified atom stereocenters. The van der Waals surface area contributed by atoms with Gasteiger partial charge < -0.3 is 10.0 Å². The van der Waals surface area contributed by atoms with Crippen molar-refractivity contribution in [1.82, 2.24) is 9.80 Å². The first-order chi connectivity index (χ1) is 8.20. The maximum atomic E-state index is 12.4. The van der Waals surface area contributed by atoms with Gasteiger partial charge in [0, 0.05) is 18.1 Å². The molecule has 1 heterocycles. The van der Waals surface area contributed by atoms with Crippen LogP contribution in [0.1, 0.15) is 40.5 Å². The van der Waals surface area contributed by atoms with Gasteiger partial charge in [0.25, 0.3) is 0 Å². The Labute approximate surface area is 109 Å². The summed E-state index contributed by atoms with van der Waals surface area (Å²) in [7, 11) is 1.83. The van der Waals surface area contributed by atoms with Gasteiger partial charge in [-0.3, -0.25) is 14.5 Å². The summed E-state index contributed by atoms with van der Waals surface area (Å²) in [5, 5.41) is 8.96. The minimum Gasteiger partial charge on any atom is -0.481 e. The Morgan fingerprint density at radius 2 is 2.11 bits per heavy atom. The van der Waals surface area contributed by atoms with Crippen LogP contribution in [0.5, 0.6) is 0 Å². The summed E-state index contributed by atoms with van der Waals surface area (Å²) in [6.45, 7) is 8.79. The topological polar surface area (TPSA) is 60.9 Å². The molecule has 18 heavy (non-hydrogen) atoms. The molecule has 0 bridgehead atoms. The number of hydrogen-bond donors (Lipinski definition) is 1. The van der Waals surface area contributed by atoms with Gasteiger partial charge in [-0.1, -0.05) is 6.92 Å². The van der Waals surface area contributed by atoms with Crippen molar-refractivity contribution in [2.45, 2.75) is 58.2 Å². The summed E-state index contributed by atoms with van der Waals surface area (Å²) < 4.78 is 0. The average Bonchev–Trinajstić information content (AvgIpc) is 2.28. The van der Waals surface area contributed by atoms with Gasteiger partial charge in [-0.15, -0.1) is 0 Å². The highest BCUT2D eigenvalue weighted by Gasteiger charge is 2.44. The van der Waals surface area contributed by atoms with Gasteiger partial charge in [-0.2, -0.15) is 0 Å². The van der Waals surface area contributed by atoms with Crippen molar-refractivity contribution in [3.8, 4) is 0 Å². The molecule has 0 aromatic heterocycles. The highest BCUT2D eigenvalue weighted by atomic mass is 16.4. The molecule has 5 nitrogen and oxygen atoms in total. The van der Waals surface area contributed by atoms with Crippen LogP contribution >= 0.6 is 0 Å². The Balaban J connectivity index is 3.00. The average molecular weight is 256 g/mol. The van der Waals surface area contributed by atoms with E-state index >= 15 is 0 Å². The summed E-state index contributed by atoms with van der Waals surface area (Å²) in [4.78, 5) is 27.0. The van der Waals surface area contributed by atoms with Crippen LogP contribution < -0.4 is 0 Å². The van der Waals surface area contributed by atoms with Crippen LogP contribution in [0.3, 0.4) is 0 Å². The summed E-state index contributed by atoms with van der Waals surface area (Å²) in [5.41, 5.74) is -0.197. The van der Waals surface area contributed by atoms with E-state index < -0.39 is 12.0 Å². The van der Waals surface area contributed by atoms with Gasteiger partial charge in [0.2, 0.25) is 5.91 Å². The molecule has 1 amide bonds. The van der Waals surface area contributed by atoms with E-state index in [1.165, 1.54) is 0 Å². The Morgan fingerprint density at radius 1 is 1.56 bits per heavy atom. The first-order valence-electron chi connectivity index (χ1n) is 6.46. The van der Waals surface area contributed by atoms with Crippen LogP contribution in [0.2, 0.25) is 0 Å². The van der Waals surface area contributed by atoms with E-state index in [9.17, 15) is 9.59 Å². The minimum atomic E-state index is -0.929. The molecule has 1 aliphatic rings. The van der Waals surface area contributed by atoms with Gasteiger partial charge in [-0.05, 0) is 34.2 Å². The zero-order valence-electron chi connectivity index (χ0n) is 11.9. The molecule has 1 fully saturated rings. The molecule has 0 spiro atoms. The van der Waals surface area contributed by atoms with Crippen LogP contribution in [0.15, 0.2) is 0 Å². The zero-order valence-corrected chi connectivity index (χ0v) is 11.9. The molecule has 0 radical (unpaired) electrons. The third kappa shape index (κ3) is 2.83. The molecule has 1 aliphatic heterocycles. The highest BCUT2D eigenvalue weighted by Crippen LogP contribution is 2.27. The summed E-state index contributed by atoms with van der Waals surface area (Å²) >= 11 is 0. The fourth-order valence-electron chi connectivity index (χ4n) is 2.37. The van der Waals surface area contributed by atoms with E-state index in [2.05, 4.69) is 0 Å². The van der Waals surface area contributed by atoms with E-state index in [1.807, 2.05) is 44.5 Å². The van der Waals surface area contributed by atoms with Crippen molar-refractivity contribution < 1.29 is 14.7 Å². The molecule has 1 saturated heterocycles. The summed E-state index contributed by atoms with van der Waals surface area (Å²) in [6, 6.07) is -0.401. The van der Waals surface area contributed by atoms with Crippen LogP contribution in [-0.2, 0) is 9.59 Å². The maximum absolute atomic E-state index is 12.4. The van der Waals surface area contributed by atoms with Crippen molar-refractivity contribution in [2.75, 3.05) is 13.6 Å². The molecular weight excluding hydrogens is 232 g/mol. The van der Waals surface area contributed by atoms with Crippen molar-refractivity contribution in [3.63, 3.8) is 0 Å². The number of nitrogens with zero attached hydrogens (tertiary/aromatic N) is 2. The number of aliphatic carboxylic acids is 1. The monoisotopic (exact) mass is 256 g/mol. The molecule has 0 aliphatic carbocycles. The van der Waals surface area contributed by atoms with Crippen LogP contribution in [0, 0.1) is 0 Å². The molecular formula is C13H24N2O3. The predicted octanol–water partition coefficient (Wildman–Crippen LogP) is 1.18. The third-order valence-electron chi connectivity index (χ3n) is 4.04. The smallest absolute Gasteiger partial charge is 0.305 e. The van der Waals surface area contributed by atoms with Gasteiger partial charge in [0.15, 0.2) is 0 Å². The standard InChI is InChI=1S/C13H24N2O3/c1-6-9(2)15-8-13(3,4)14(5)10(12(15)18)7-11(16)17/h9-10H,6-8H2,1-5H3,(H,16,17). The lowest BCUT2D eigenvalue weighted by Gasteiger charge is -2.50. The van der Waals surface area contributed by atoms with Crippen molar-refractivity contribution in [1.29, 1.82) is 0 Å². The van der Waals surface area contributed by atoms with E-state index in [0.29, 0.717) is 6.54 Å². The van der Waals surface area contributed by atoms with Gasteiger partial charge in [0.1, 0.15) is 6.04 Å². The second-order valence-corrected chi connectivity index (χ2v) is 5.76. The lowest BCUT2D eigenvalue weighted by atomic mass is 9.92. The Bertz CT molecular complexity index is 341. The number of rotatable bonds is 4. The molecule has 1 N–H and O–H groups in total. The number of hydrogen-bond acceptors (Lipinski definition) is 3. The maximum Gasteiger partial charge on any atom is 0.305 e. The summed E-state index contributed by atoms with van der Waals surface area (Å²) in [6.07, 6.45) is 0.747. The lowest BCUT2D eigenvalue weighted by Crippen LogP contribution is -2.66.